The molecule has 0 saturated carbocycles. The molecule has 2 amide bonds. The molecule has 0 aromatic heterocycles. The van der Waals surface area contributed by atoms with Gasteiger partial charge in [-0.05, 0) is 30.5 Å². The van der Waals surface area contributed by atoms with E-state index in [1.165, 1.54) is 7.11 Å². The molecule has 0 radical (unpaired) electrons. The molecule has 1 aromatic rings. The molecule has 1 aromatic carbocycles. The largest absolute Gasteiger partial charge is 0.382 e. The van der Waals surface area contributed by atoms with E-state index in [0.717, 1.165) is 11.3 Å². The summed E-state index contributed by atoms with van der Waals surface area (Å²) < 4.78 is 4.78. The summed E-state index contributed by atoms with van der Waals surface area (Å²) >= 11 is 0. The number of anilines is 2. The fourth-order valence-electron chi connectivity index (χ4n) is 2.25. The molecule has 1 atom stereocenters. The number of benzene rings is 1. The molecule has 7 heteroatoms. The van der Waals surface area contributed by atoms with Gasteiger partial charge in [-0.3, -0.25) is 9.59 Å². The van der Waals surface area contributed by atoms with Gasteiger partial charge in [0.05, 0.1) is 5.71 Å². The summed E-state index contributed by atoms with van der Waals surface area (Å²) in [6.45, 7) is 5.88. The number of carbonyl (C=O) groups is 2. The molecule has 2 N–H and O–H groups in total. The van der Waals surface area contributed by atoms with Gasteiger partial charge in [-0.1, -0.05) is 25.1 Å². The van der Waals surface area contributed by atoms with Crippen LogP contribution < -0.4 is 10.6 Å². The minimum atomic E-state index is -0.617. The predicted octanol–water partition coefficient (Wildman–Crippen LogP) is 2.32. The lowest BCUT2D eigenvalue weighted by Crippen LogP contribution is -2.28. The van der Waals surface area contributed by atoms with Crippen molar-refractivity contribution in [2.45, 2.75) is 33.3 Å². The zero-order valence-electron chi connectivity index (χ0n) is 14.4. The minimum absolute atomic E-state index is 0.0270. The van der Waals surface area contributed by atoms with E-state index in [-0.39, 0.29) is 24.3 Å². The molecule has 1 unspecified atom stereocenters. The number of oxime groups is 1. The van der Waals surface area contributed by atoms with Crippen LogP contribution in [0.3, 0.4) is 0 Å². The Morgan fingerprint density at radius 1 is 1.38 bits per heavy atom. The standard InChI is InChI=1S/C17H23N3O4/c1-10(2)13-8-15(24-20-13)17(22)19-14-7-12(6-5-11(14)3)18-16(21)9-23-4/h5-7,10,15H,8-9H2,1-4H3,(H,18,21)(H,19,22). The molecule has 1 aliphatic heterocycles. The third-order valence-corrected chi connectivity index (χ3v) is 3.71. The topological polar surface area (TPSA) is 89.0 Å². The maximum Gasteiger partial charge on any atom is 0.268 e. The van der Waals surface area contributed by atoms with Crippen molar-refractivity contribution in [2.75, 3.05) is 24.4 Å². The van der Waals surface area contributed by atoms with E-state index in [2.05, 4.69) is 15.8 Å². The Labute approximate surface area is 141 Å². The van der Waals surface area contributed by atoms with Gasteiger partial charge in [0.25, 0.3) is 5.91 Å². The molecule has 24 heavy (non-hydrogen) atoms. The first kappa shape index (κ1) is 17.9. The van der Waals surface area contributed by atoms with Crippen molar-refractivity contribution >= 4 is 28.9 Å². The van der Waals surface area contributed by atoms with Crippen LogP contribution in [0.4, 0.5) is 11.4 Å². The fraction of sp³-hybridized carbons (Fsp3) is 0.471. The van der Waals surface area contributed by atoms with E-state index in [1.807, 2.05) is 26.8 Å². The summed E-state index contributed by atoms with van der Waals surface area (Å²) in [5.41, 5.74) is 2.98. The maximum atomic E-state index is 12.4. The van der Waals surface area contributed by atoms with Gasteiger partial charge in [0.15, 0.2) is 0 Å². The summed E-state index contributed by atoms with van der Waals surface area (Å²) in [5, 5.41) is 9.51. The average Bonchev–Trinajstić information content (AvgIpc) is 3.01. The van der Waals surface area contributed by atoms with Crippen LogP contribution in [0.5, 0.6) is 0 Å². The quantitative estimate of drug-likeness (QED) is 0.836. The number of ether oxygens (including phenoxy) is 1. The molecular weight excluding hydrogens is 310 g/mol. The lowest BCUT2D eigenvalue weighted by Gasteiger charge is -2.13. The summed E-state index contributed by atoms with van der Waals surface area (Å²) in [5.74, 6) is -0.255. The van der Waals surface area contributed by atoms with Gasteiger partial charge in [-0.2, -0.15) is 0 Å². The zero-order valence-corrected chi connectivity index (χ0v) is 14.4. The predicted molar refractivity (Wildman–Crippen MR) is 92.1 cm³/mol. The third kappa shape index (κ3) is 4.55. The molecule has 1 heterocycles. The van der Waals surface area contributed by atoms with Gasteiger partial charge < -0.3 is 20.2 Å². The van der Waals surface area contributed by atoms with Gasteiger partial charge in [0, 0.05) is 24.9 Å². The number of rotatable bonds is 6. The second kappa shape index (κ2) is 7.92. The highest BCUT2D eigenvalue weighted by Gasteiger charge is 2.29. The lowest BCUT2D eigenvalue weighted by molar-refractivity contribution is -0.125. The summed E-state index contributed by atoms with van der Waals surface area (Å²) in [6.07, 6.45) is -0.124. The number of amides is 2. The minimum Gasteiger partial charge on any atom is -0.382 e. The van der Waals surface area contributed by atoms with Crippen molar-refractivity contribution in [2.24, 2.45) is 11.1 Å². The Hall–Kier alpha value is -2.41. The van der Waals surface area contributed by atoms with Crippen LogP contribution >= 0.6 is 0 Å². The molecule has 130 valence electrons. The SMILES string of the molecule is COCC(=O)Nc1ccc(C)c(NC(=O)C2CC(C(C)C)=NO2)c1. The molecule has 1 aliphatic rings. The average molecular weight is 333 g/mol. The monoisotopic (exact) mass is 333 g/mol. The van der Waals surface area contributed by atoms with E-state index in [1.54, 1.807) is 12.1 Å². The van der Waals surface area contributed by atoms with Gasteiger partial charge in [-0.25, -0.2) is 0 Å². The van der Waals surface area contributed by atoms with Gasteiger partial charge >= 0.3 is 0 Å². The van der Waals surface area contributed by atoms with E-state index in [9.17, 15) is 9.59 Å². The lowest BCUT2D eigenvalue weighted by atomic mass is 10.0. The number of methoxy groups -OCH3 is 1. The molecule has 0 saturated heterocycles. The normalized spacial score (nSPS) is 16.5. The van der Waals surface area contributed by atoms with Crippen LogP contribution in [-0.2, 0) is 19.2 Å². The van der Waals surface area contributed by atoms with Crippen LogP contribution in [-0.4, -0.2) is 37.3 Å². The van der Waals surface area contributed by atoms with Crippen molar-refractivity contribution in [3.63, 3.8) is 0 Å². The van der Waals surface area contributed by atoms with Crippen LogP contribution in [0.1, 0.15) is 25.8 Å². The highest BCUT2D eigenvalue weighted by atomic mass is 16.6. The molecule has 7 nitrogen and oxygen atoms in total. The summed E-state index contributed by atoms with van der Waals surface area (Å²) in [4.78, 5) is 29.2. The second-order valence-corrected chi connectivity index (χ2v) is 6.04. The number of nitrogens with one attached hydrogen (secondary N) is 2. The second-order valence-electron chi connectivity index (χ2n) is 6.04. The molecule has 0 fully saturated rings. The van der Waals surface area contributed by atoms with E-state index in [0.29, 0.717) is 17.8 Å². The number of carbonyl (C=O) groups excluding carboxylic acids is 2. The van der Waals surface area contributed by atoms with Gasteiger partial charge in [-0.15, -0.1) is 0 Å². The fourth-order valence-corrected chi connectivity index (χ4v) is 2.25. The highest BCUT2D eigenvalue weighted by molar-refractivity contribution is 6.00. The van der Waals surface area contributed by atoms with Crippen molar-refractivity contribution < 1.29 is 19.2 Å². The van der Waals surface area contributed by atoms with Crippen molar-refractivity contribution in [3.05, 3.63) is 23.8 Å². The molecule has 0 aliphatic carbocycles. The van der Waals surface area contributed by atoms with Crippen LogP contribution in [0.15, 0.2) is 23.4 Å². The van der Waals surface area contributed by atoms with Crippen molar-refractivity contribution in [3.8, 4) is 0 Å². The smallest absolute Gasteiger partial charge is 0.268 e. The van der Waals surface area contributed by atoms with Gasteiger partial charge in [0.1, 0.15) is 6.61 Å². The van der Waals surface area contributed by atoms with Crippen LogP contribution in [0.2, 0.25) is 0 Å². The van der Waals surface area contributed by atoms with Crippen LogP contribution in [0, 0.1) is 12.8 Å². The highest BCUT2D eigenvalue weighted by Crippen LogP contribution is 2.23. The van der Waals surface area contributed by atoms with Crippen LogP contribution in [0.25, 0.3) is 0 Å². The van der Waals surface area contributed by atoms with E-state index < -0.39 is 6.10 Å². The first-order valence-electron chi connectivity index (χ1n) is 7.83. The summed E-state index contributed by atoms with van der Waals surface area (Å²) in [7, 11) is 1.45. The molecule has 0 bridgehead atoms. The Morgan fingerprint density at radius 2 is 2.12 bits per heavy atom. The van der Waals surface area contributed by atoms with E-state index >= 15 is 0 Å². The zero-order chi connectivity index (χ0) is 17.7. The molecular formula is C17H23N3O4. The summed E-state index contributed by atoms with van der Waals surface area (Å²) in [6, 6.07) is 5.30. The Kier molecular flexibility index (Phi) is 5.92. The first-order valence-corrected chi connectivity index (χ1v) is 7.83. The van der Waals surface area contributed by atoms with Crippen molar-refractivity contribution in [1.29, 1.82) is 0 Å². The number of hydrogen-bond donors (Lipinski definition) is 2. The molecule has 0 spiro atoms. The number of nitrogens with zero attached hydrogens (tertiary/aromatic N) is 1. The van der Waals surface area contributed by atoms with Gasteiger partial charge in [0.2, 0.25) is 12.0 Å². The maximum absolute atomic E-state index is 12.4. The van der Waals surface area contributed by atoms with Crippen molar-refractivity contribution in [1.82, 2.24) is 0 Å². The Balaban J connectivity index is 2.01. The number of aryl methyl sites for hydroxylation is 1. The van der Waals surface area contributed by atoms with E-state index in [4.69, 9.17) is 9.57 Å². The first-order chi connectivity index (χ1) is 11.4. The molecule has 2 rings (SSSR count). The number of hydrogen-bond acceptors (Lipinski definition) is 5. The Bertz CT molecular complexity index is 655. The Morgan fingerprint density at radius 3 is 2.75 bits per heavy atom. The third-order valence-electron chi connectivity index (χ3n) is 3.71.